The van der Waals surface area contributed by atoms with Gasteiger partial charge < -0.3 is 5.32 Å². The quantitative estimate of drug-likeness (QED) is 0.697. The van der Waals surface area contributed by atoms with Crippen LogP contribution in [0, 0.1) is 0 Å². The second-order valence-electron chi connectivity index (χ2n) is 4.75. The fourth-order valence-electron chi connectivity index (χ4n) is 1.84. The van der Waals surface area contributed by atoms with E-state index in [1.807, 2.05) is 30.3 Å². The Morgan fingerprint density at radius 2 is 2.00 bits per heavy atom. The number of hydrogen-bond acceptors (Lipinski definition) is 3. The van der Waals surface area contributed by atoms with E-state index in [1.54, 1.807) is 0 Å². The molecule has 1 amide bonds. The lowest BCUT2D eigenvalue weighted by Gasteiger charge is -2.17. The summed E-state index contributed by atoms with van der Waals surface area (Å²) in [7, 11) is -3.30. The first-order valence-electron chi connectivity index (χ1n) is 6.80. The molecule has 0 unspecified atom stereocenters. The van der Waals surface area contributed by atoms with Gasteiger partial charge >= 0.3 is 0 Å². The number of carbonyl (C=O) groups is 1. The van der Waals surface area contributed by atoms with E-state index in [-0.39, 0.29) is 25.4 Å². The number of sulfonamides is 1. The fraction of sp³-hybridized carbons (Fsp3) is 0.400. The maximum absolute atomic E-state index is 11.7. The standard InChI is InChI=1S/C15H22N2O3S/c1-3-12-17(21(2,19)20)13-10-15(18)16-11-9-14-7-5-4-6-8-14/h3-8H,1,9-13H2,2H3,(H,16,18). The van der Waals surface area contributed by atoms with E-state index < -0.39 is 10.0 Å². The van der Waals surface area contributed by atoms with Crippen molar-refractivity contribution >= 4 is 15.9 Å². The molecule has 0 bridgehead atoms. The third-order valence-corrected chi connectivity index (χ3v) is 4.24. The summed E-state index contributed by atoms with van der Waals surface area (Å²) >= 11 is 0. The first-order valence-corrected chi connectivity index (χ1v) is 8.65. The molecule has 0 heterocycles. The molecule has 0 fully saturated rings. The van der Waals surface area contributed by atoms with Gasteiger partial charge in [0.1, 0.15) is 0 Å². The molecule has 0 aliphatic carbocycles. The van der Waals surface area contributed by atoms with Crippen molar-refractivity contribution in [2.24, 2.45) is 0 Å². The van der Waals surface area contributed by atoms with Crippen LogP contribution in [0.3, 0.4) is 0 Å². The molecular formula is C15H22N2O3S. The summed E-state index contributed by atoms with van der Waals surface area (Å²) in [5.41, 5.74) is 1.15. The maximum Gasteiger partial charge on any atom is 0.221 e. The average Bonchev–Trinajstić information content (AvgIpc) is 2.43. The lowest BCUT2D eigenvalue weighted by Crippen LogP contribution is -2.35. The van der Waals surface area contributed by atoms with Gasteiger partial charge in [-0.25, -0.2) is 8.42 Å². The number of hydrogen-bond donors (Lipinski definition) is 1. The molecule has 5 nitrogen and oxygen atoms in total. The molecule has 6 heteroatoms. The zero-order valence-corrected chi connectivity index (χ0v) is 13.1. The molecular weight excluding hydrogens is 288 g/mol. The zero-order chi connectivity index (χ0) is 15.7. The minimum atomic E-state index is -3.30. The Labute approximate surface area is 126 Å². The van der Waals surface area contributed by atoms with Crippen LogP contribution in [0.1, 0.15) is 12.0 Å². The van der Waals surface area contributed by atoms with Crippen LogP contribution in [0.2, 0.25) is 0 Å². The van der Waals surface area contributed by atoms with Crippen LogP contribution in [-0.2, 0) is 21.2 Å². The van der Waals surface area contributed by atoms with E-state index >= 15 is 0 Å². The number of carbonyl (C=O) groups excluding carboxylic acids is 1. The Bertz CT molecular complexity index is 556. The minimum absolute atomic E-state index is 0.149. The van der Waals surface area contributed by atoms with Crippen molar-refractivity contribution in [2.45, 2.75) is 12.8 Å². The molecule has 0 aliphatic heterocycles. The lowest BCUT2D eigenvalue weighted by molar-refractivity contribution is -0.121. The van der Waals surface area contributed by atoms with E-state index in [1.165, 1.54) is 10.4 Å². The van der Waals surface area contributed by atoms with Gasteiger partial charge in [0.2, 0.25) is 15.9 Å². The number of benzene rings is 1. The molecule has 0 atom stereocenters. The van der Waals surface area contributed by atoms with Crippen molar-refractivity contribution in [3.05, 3.63) is 48.6 Å². The number of nitrogens with one attached hydrogen (secondary N) is 1. The Hall–Kier alpha value is -1.66. The van der Waals surface area contributed by atoms with Gasteiger partial charge in [-0.1, -0.05) is 36.4 Å². The number of amides is 1. The van der Waals surface area contributed by atoms with Gasteiger partial charge in [-0.3, -0.25) is 4.79 Å². The highest BCUT2D eigenvalue weighted by Gasteiger charge is 2.15. The molecule has 0 saturated heterocycles. The summed E-state index contributed by atoms with van der Waals surface area (Å²) in [6.45, 7) is 4.45. The summed E-state index contributed by atoms with van der Waals surface area (Å²) in [4.78, 5) is 11.7. The van der Waals surface area contributed by atoms with Crippen LogP contribution in [0.15, 0.2) is 43.0 Å². The molecule has 21 heavy (non-hydrogen) atoms. The van der Waals surface area contributed by atoms with E-state index in [9.17, 15) is 13.2 Å². The van der Waals surface area contributed by atoms with Gasteiger partial charge in [-0.15, -0.1) is 6.58 Å². The Kier molecular flexibility index (Phi) is 7.11. The highest BCUT2D eigenvalue weighted by molar-refractivity contribution is 7.88. The molecule has 1 rings (SSSR count). The van der Waals surface area contributed by atoms with Crippen LogP contribution in [0.25, 0.3) is 0 Å². The largest absolute Gasteiger partial charge is 0.356 e. The molecule has 116 valence electrons. The highest BCUT2D eigenvalue weighted by atomic mass is 32.2. The van der Waals surface area contributed by atoms with E-state index in [0.717, 1.165) is 18.2 Å². The predicted octanol–water partition coefficient (Wildman–Crippen LogP) is 1.18. The molecule has 0 radical (unpaired) electrons. The van der Waals surface area contributed by atoms with Crippen LogP contribution >= 0.6 is 0 Å². The van der Waals surface area contributed by atoms with E-state index in [0.29, 0.717) is 6.54 Å². The molecule has 1 N–H and O–H groups in total. The van der Waals surface area contributed by atoms with Crippen molar-refractivity contribution in [2.75, 3.05) is 25.9 Å². The van der Waals surface area contributed by atoms with Crippen LogP contribution in [0.4, 0.5) is 0 Å². The van der Waals surface area contributed by atoms with Crippen molar-refractivity contribution < 1.29 is 13.2 Å². The Morgan fingerprint density at radius 3 is 2.57 bits per heavy atom. The third kappa shape index (κ3) is 7.06. The van der Waals surface area contributed by atoms with Gasteiger partial charge in [0.05, 0.1) is 6.26 Å². The molecule has 0 aromatic heterocycles. The summed E-state index contributed by atoms with van der Waals surface area (Å²) in [5.74, 6) is -0.149. The number of nitrogens with zero attached hydrogens (tertiary/aromatic N) is 1. The topological polar surface area (TPSA) is 66.5 Å². The second-order valence-corrected chi connectivity index (χ2v) is 6.73. The van der Waals surface area contributed by atoms with Gasteiger partial charge in [-0.05, 0) is 12.0 Å². The molecule has 1 aromatic rings. The van der Waals surface area contributed by atoms with Gasteiger partial charge in [-0.2, -0.15) is 4.31 Å². The molecule has 0 aliphatic rings. The normalized spacial score (nSPS) is 11.3. The van der Waals surface area contributed by atoms with Crippen LogP contribution in [0.5, 0.6) is 0 Å². The Morgan fingerprint density at radius 1 is 1.33 bits per heavy atom. The molecule has 0 spiro atoms. The summed E-state index contributed by atoms with van der Waals surface area (Å²) < 4.78 is 24.2. The first-order chi connectivity index (χ1) is 9.93. The summed E-state index contributed by atoms with van der Waals surface area (Å²) in [6.07, 6.45) is 3.54. The predicted molar refractivity (Wildman–Crippen MR) is 84.4 cm³/mol. The van der Waals surface area contributed by atoms with Crippen molar-refractivity contribution in [3.8, 4) is 0 Å². The highest BCUT2D eigenvalue weighted by Crippen LogP contribution is 2.01. The maximum atomic E-state index is 11.7. The molecule has 0 saturated carbocycles. The second kappa shape index (κ2) is 8.59. The van der Waals surface area contributed by atoms with E-state index in [4.69, 9.17) is 0 Å². The van der Waals surface area contributed by atoms with Crippen molar-refractivity contribution in [3.63, 3.8) is 0 Å². The van der Waals surface area contributed by atoms with E-state index in [2.05, 4.69) is 11.9 Å². The smallest absolute Gasteiger partial charge is 0.221 e. The van der Waals surface area contributed by atoms with Crippen LogP contribution in [-0.4, -0.2) is 44.5 Å². The average molecular weight is 310 g/mol. The Balaban J connectivity index is 2.31. The summed E-state index contributed by atoms with van der Waals surface area (Å²) in [6, 6.07) is 9.86. The SMILES string of the molecule is C=CCN(CCC(=O)NCCc1ccccc1)S(C)(=O)=O. The first kappa shape index (κ1) is 17.4. The van der Waals surface area contributed by atoms with Crippen LogP contribution < -0.4 is 5.32 Å². The fourth-order valence-corrected chi connectivity index (χ4v) is 2.64. The van der Waals surface area contributed by atoms with Gasteiger partial charge in [0.15, 0.2) is 0 Å². The number of rotatable bonds is 9. The monoisotopic (exact) mass is 310 g/mol. The minimum Gasteiger partial charge on any atom is -0.356 e. The van der Waals surface area contributed by atoms with Gasteiger partial charge in [0, 0.05) is 26.1 Å². The van der Waals surface area contributed by atoms with Crippen molar-refractivity contribution in [1.82, 2.24) is 9.62 Å². The van der Waals surface area contributed by atoms with Gasteiger partial charge in [0.25, 0.3) is 0 Å². The third-order valence-electron chi connectivity index (χ3n) is 2.97. The molecule has 1 aromatic carbocycles. The lowest BCUT2D eigenvalue weighted by atomic mass is 10.1. The van der Waals surface area contributed by atoms with Crippen molar-refractivity contribution in [1.29, 1.82) is 0 Å². The summed E-state index contributed by atoms with van der Waals surface area (Å²) in [5, 5.41) is 2.79. The zero-order valence-electron chi connectivity index (χ0n) is 12.3.